The highest BCUT2D eigenvalue weighted by Gasteiger charge is 2.19. The topological polar surface area (TPSA) is 39.1 Å². The highest BCUT2D eigenvalue weighted by Crippen LogP contribution is 2.26. The summed E-state index contributed by atoms with van der Waals surface area (Å²) in [6, 6.07) is 10.8. The van der Waals surface area contributed by atoms with Gasteiger partial charge in [0.1, 0.15) is 0 Å². The van der Waals surface area contributed by atoms with Gasteiger partial charge in [0.25, 0.3) is 0 Å². The van der Waals surface area contributed by atoms with E-state index in [1.165, 1.54) is 11.3 Å². The van der Waals surface area contributed by atoms with Crippen LogP contribution in [0, 0.1) is 0 Å². The number of hydrogen-bond donors (Lipinski definition) is 1. The number of aromatic nitrogens is 2. The summed E-state index contributed by atoms with van der Waals surface area (Å²) < 4.78 is 8.23. The standard InChI is InChI=1S/C16H22BrN3O/c1-3-18-15(11-13-7-5-4-6-8-13)16-14(17)12-19-20(16)9-10-21-2/h4-8,12,15,18H,3,9-11H2,1-2H3. The van der Waals surface area contributed by atoms with E-state index in [0.717, 1.165) is 24.0 Å². The molecule has 1 N–H and O–H groups in total. The molecule has 0 amide bonds. The molecule has 1 aromatic heterocycles. The van der Waals surface area contributed by atoms with E-state index in [1.807, 2.05) is 16.9 Å². The van der Waals surface area contributed by atoms with Crippen LogP contribution in [0.15, 0.2) is 41.0 Å². The van der Waals surface area contributed by atoms with Gasteiger partial charge >= 0.3 is 0 Å². The summed E-state index contributed by atoms with van der Waals surface area (Å²) >= 11 is 3.63. The zero-order valence-corrected chi connectivity index (χ0v) is 14.1. The van der Waals surface area contributed by atoms with Crippen LogP contribution in [0.4, 0.5) is 0 Å². The minimum atomic E-state index is 0.228. The second-order valence-corrected chi connectivity index (χ2v) is 5.75. The molecule has 2 aromatic rings. The Hall–Kier alpha value is -1.17. The van der Waals surface area contributed by atoms with Crippen LogP contribution in [0.5, 0.6) is 0 Å². The minimum absolute atomic E-state index is 0.228. The van der Waals surface area contributed by atoms with Crippen LogP contribution in [-0.2, 0) is 17.7 Å². The molecule has 0 bridgehead atoms. The predicted molar refractivity (Wildman–Crippen MR) is 88.4 cm³/mol. The Kier molecular flexibility index (Phi) is 6.42. The van der Waals surface area contributed by atoms with Gasteiger partial charge in [0.15, 0.2) is 0 Å². The molecular weight excluding hydrogens is 330 g/mol. The predicted octanol–water partition coefficient (Wildman–Crippen LogP) is 3.19. The fourth-order valence-electron chi connectivity index (χ4n) is 2.44. The zero-order valence-electron chi connectivity index (χ0n) is 12.6. The van der Waals surface area contributed by atoms with E-state index in [0.29, 0.717) is 6.61 Å². The first-order valence-corrected chi connectivity index (χ1v) is 8.03. The van der Waals surface area contributed by atoms with Crippen molar-refractivity contribution in [3.63, 3.8) is 0 Å². The third-order valence-electron chi connectivity index (χ3n) is 3.40. The molecule has 0 fully saturated rings. The van der Waals surface area contributed by atoms with Gasteiger partial charge in [0.2, 0.25) is 0 Å². The Morgan fingerprint density at radius 1 is 1.33 bits per heavy atom. The lowest BCUT2D eigenvalue weighted by Crippen LogP contribution is -2.26. The molecule has 4 nitrogen and oxygen atoms in total. The van der Waals surface area contributed by atoms with Crippen molar-refractivity contribution in [2.45, 2.75) is 25.9 Å². The number of hydrogen-bond acceptors (Lipinski definition) is 3. The smallest absolute Gasteiger partial charge is 0.0700 e. The maximum Gasteiger partial charge on any atom is 0.0700 e. The van der Waals surface area contributed by atoms with Gasteiger partial charge in [-0.2, -0.15) is 5.10 Å². The molecule has 21 heavy (non-hydrogen) atoms. The van der Waals surface area contributed by atoms with Crippen LogP contribution in [0.25, 0.3) is 0 Å². The number of likely N-dealkylation sites (N-methyl/N-ethyl adjacent to an activating group) is 1. The van der Waals surface area contributed by atoms with Crippen molar-refractivity contribution in [3.05, 3.63) is 52.3 Å². The lowest BCUT2D eigenvalue weighted by Gasteiger charge is -2.20. The number of halogens is 1. The van der Waals surface area contributed by atoms with Crippen LogP contribution < -0.4 is 5.32 Å². The summed E-state index contributed by atoms with van der Waals surface area (Å²) in [4.78, 5) is 0. The quantitative estimate of drug-likeness (QED) is 0.793. The zero-order chi connectivity index (χ0) is 15.1. The molecule has 1 atom stereocenters. The first kappa shape index (κ1) is 16.2. The van der Waals surface area contributed by atoms with Crippen molar-refractivity contribution in [2.75, 3.05) is 20.3 Å². The molecular formula is C16H22BrN3O. The molecule has 1 aromatic carbocycles. The van der Waals surface area contributed by atoms with Crippen LogP contribution in [0.1, 0.15) is 24.2 Å². The van der Waals surface area contributed by atoms with Crippen molar-refractivity contribution in [3.8, 4) is 0 Å². The Balaban J connectivity index is 2.23. The summed E-state index contributed by atoms with van der Waals surface area (Å²) in [5.41, 5.74) is 2.49. The Morgan fingerprint density at radius 3 is 2.76 bits per heavy atom. The van der Waals surface area contributed by atoms with E-state index in [4.69, 9.17) is 4.74 Å². The van der Waals surface area contributed by atoms with Gasteiger partial charge in [-0.15, -0.1) is 0 Å². The van der Waals surface area contributed by atoms with Crippen LogP contribution >= 0.6 is 15.9 Å². The number of nitrogens with one attached hydrogen (secondary N) is 1. The third kappa shape index (κ3) is 4.40. The fraction of sp³-hybridized carbons (Fsp3) is 0.438. The first-order valence-electron chi connectivity index (χ1n) is 7.23. The number of rotatable bonds is 8. The molecule has 0 saturated heterocycles. The monoisotopic (exact) mass is 351 g/mol. The van der Waals surface area contributed by atoms with Gasteiger partial charge in [-0.1, -0.05) is 37.3 Å². The van der Waals surface area contributed by atoms with Gasteiger partial charge in [-0.25, -0.2) is 0 Å². The average Bonchev–Trinajstić information content (AvgIpc) is 2.86. The number of methoxy groups -OCH3 is 1. The summed E-state index contributed by atoms with van der Waals surface area (Å²) in [6.45, 7) is 4.46. The van der Waals surface area contributed by atoms with Crippen molar-refractivity contribution < 1.29 is 4.74 Å². The van der Waals surface area contributed by atoms with E-state index in [1.54, 1.807) is 7.11 Å². The molecule has 114 valence electrons. The van der Waals surface area contributed by atoms with Gasteiger partial charge < -0.3 is 10.1 Å². The van der Waals surface area contributed by atoms with E-state index < -0.39 is 0 Å². The van der Waals surface area contributed by atoms with E-state index >= 15 is 0 Å². The molecule has 5 heteroatoms. The normalized spacial score (nSPS) is 12.5. The van der Waals surface area contributed by atoms with Crippen molar-refractivity contribution in [1.29, 1.82) is 0 Å². The van der Waals surface area contributed by atoms with Gasteiger partial charge in [0, 0.05) is 7.11 Å². The summed E-state index contributed by atoms with van der Waals surface area (Å²) in [6.07, 6.45) is 2.80. The van der Waals surface area contributed by atoms with Crippen LogP contribution in [-0.4, -0.2) is 30.0 Å². The van der Waals surface area contributed by atoms with Crippen molar-refractivity contribution in [1.82, 2.24) is 15.1 Å². The van der Waals surface area contributed by atoms with Crippen molar-refractivity contribution >= 4 is 15.9 Å². The Morgan fingerprint density at radius 2 is 2.10 bits per heavy atom. The molecule has 0 saturated carbocycles. The summed E-state index contributed by atoms with van der Waals surface area (Å²) in [7, 11) is 1.71. The Labute approximate surface area is 134 Å². The number of nitrogens with zero attached hydrogens (tertiary/aromatic N) is 2. The molecule has 0 aliphatic carbocycles. The van der Waals surface area contributed by atoms with E-state index in [2.05, 4.69) is 57.5 Å². The Bertz CT molecular complexity index is 542. The minimum Gasteiger partial charge on any atom is -0.383 e. The third-order valence-corrected chi connectivity index (χ3v) is 4.01. The number of benzene rings is 1. The molecule has 0 radical (unpaired) electrons. The van der Waals surface area contributed by atoms with E-state index in [-0.39, 0.29) is 6.04 Å². The van der Waals surface area contributed by atoms with E-state index in [9.17, 15) is 0 Å². The molecule has 0 spiro atoms. The second kappa shape index (κ2) is 8.32. The maximum absolute atomic E-state index is 5.17. The molecule has 0 aliphatic rings. The average molecular weight is 352 g/mol. The van der Waals surface area contributed by atoms with Crippen molar-refractivity contribution in [2.24, 2.45) is 0 Å². The van der Waals surface area contributed by atoms with Crippen LogP contribution in [0.3, 0.4) is 0 Å². The highest BCUT2D eigenvalue weighted by molar-refractivity contribution is 9.10. The molecule has 0 aliphatic heterocycles. The SMILES string of the molecule is CCNC(Cc1ccccc1)c1c(Br)cnn1CCOC. The first-order chi connectivity index (χ1) is 10.3. The van der Waals surface area contributed by atoms with Gasteiger partial charge in [0.05, 0.1) is 35.6 Å². The lowest BCUT2D eigenvalue weighted by atomic mass is 10.0. The highest BCUT2D eigenvalue weighted by atomic mass is 79.9. The summed E-state index contributed by atoms with van der Waals surface area (Å²) in [5.74, 6) is 0. The summed E-state index contributed by atoms with van der Waals surface area (Å²) in [5, 5.41) is 8.01. The van der Waals surface area contributed by atoms with Gasteiger partial charge in [-0.05, 0) is 34.5 Å². The maximum atomic E-state index is 5.17. The number of ether oxygens (including phenoxy) is 1. The fourth-order valence-corrected chi connectivity index (χ4v) is 3.01. The molecule has 1 unspecified atom stereocenters. The van der Waals surface area contributed by atoms with Gasteiger partial charge in [-0.3, -0.25) is 4.68 Å². The molecule has 2 rings (SSSR count). The largest absolute Gasteiger partial charge is 0.383 e. The lowest BCUT2D eigenvalue weighted by molar-refractivity contribution is 0.181. The molecule has 1 heterocycles. The van der Waals surface area contributed by atoms with Crippen LogP contribution in [0.2, 0.25) is 0 Å². The second-order valence-electron chi connectivity index (χ2n) is 4.89.